The highest BCUT2D eigenvalue weighted by molar-refractivity contribution is 5.43. The molecule has 1 N–H and O–H groups in total. The van der Waals surface area contributed by atoms with Crippen LogP contribution in [0.5, 0.6) is 17.2 Å². The van der Waals surface area contributed by atoms with E-state index in [1.807, 2.05) is 38.1 Å². The maximum Gasteiger partial charge on any atom is 0.161 e. The van der Waals surface area contributed by atoms with E-state index < -0.39 is 0 Å². The summed E-state index contributed by atoms with van der Waals surface area (Å²) in [6.07, 6.45) is 4.99. The van der Waals surface area contributed by atoms with E-state index in [-0.39, 0.29) is 6.10 Å². The molecule has 0 saturated heterocycles. The first-order valence-corrected chi connectivity index (χ1v) is 10.4. The van der Waals surface area contributed by atoms with E-state index in [0.29, 0.717) is 0 Å². The molecule has 2 rings (SSSR count). The van der Waals surface area contributed by atoms with Crippen molar-refractivity contribution < 1.29 is 14.2 Å². The summed E-state index contributed by atoms with van der Waals surface area (Å²) in [7, 11) is 1.69. The van der Waals surface area contributed by atoms with Gasteiger partial charge in [0.25, 0.3) is 0 Å². The molecule has 0 aliphatic rings. The monoisotopic (exact) mass is 385 g/mol. The highest BCUT2D eigenvalue weighted by Gasteiger charge is 2.06. The number of hydrogen-bond acceptors (Lipinski definition) is 4. The second kappa shape index (κ2) is 12.3. The van der Waals surface area contributed by atoms with E-state index in [0.717, 1.165) is 43.4 Å². The van der Waals surface area contributed by atoms with Crippen molar-refractivity contribution in [1.82, 2.24) is 5.32 Å². The number of methoxy groups -OCH3 is 1. The largest absolute Gasteiger partial charge is 0.493 e. The molecule has 2 aromatic carbocycles. The second-order valence-electron chi connectivity index (χ2n) is 7.31. The molecule has 0 bridgehead atoms. The van der Waals surface area contributed by atoms with Gasteiger partial charge in [-0.05, 0) is 55.7 Å². The van der Waals surface area contributed by atoms with Crippen molar-refractivity contribution in [1.29, 1.82) is 0 Å². The van der Waals surface area contributed by atoms with Crippen LogP contribution in [0, 0.1) is 0 Å². The van der Waals surface area contributed by atoms with Crippen molar-refractivity contribution in [3.8, 4) is 17.2 Å². The lowest BCUT2D eigenvalue weighted by molar-refractivity contribution is 0.242. The summed E-state index contributed by atoms with van der Waals surface area (Å²) in [5.74, 6) is 2.53. The maximum absolute atomic E-state index is 5.88. The van der Waals surface area contributed by atoms with Gasteiger partial charge in [-0.2, -0.15) is 0 Å². The lowest BCUT2D eigenvalue weighted by atomic mass is 10.1. The molecule has 0 atom stereocenters. The second-order valence-corrected chi connectivity index (χ2v) is 7.31. The number of ether oxygens (including phenoxy) is 3. The van der Waals surface area contributed by atoms with Crippen LogP contribution in [0.15, 0.2) is 42.5 Å². The third kappa shape index (κ3) is 7.81. The molecule has 0 radical (unpaired) electrons. The zero-order valence-corrected chi connectivity index (χ0v) is 17.8. The average Bonchev–Trinajstić information content (AvgIpc) is 2.69. The van der Waals surface area contributed by atoms with Crippen LogP contribution in [-0.2, 0) is 13.1 Å². The number of nitrogens with one attached hydrogen (secondary N) is 1. The summed E-state index contributed by atoms with van der Waals surface area (Å²) in [5.41, 5.74) is 2.41. The first kappa shape index (κ1) is 22.1. The van der Waals surface area contributed by atoms with Crippen LogP contribution >= 0.6 is 0 Å². The molecule has 28 heavy (non-hydrogen) atoms. The van der Waals surface area contributed by atoms with Gasteiger partial charge in [0.05, 0.1) is 19.8 Å². The van der Waals surface area contributed by atoms with Crippen LogP contribution in [-0.4, -0.2) is 19.8 Å². The zero-order valence-electron chi connectivity index (χ0n) is 17.8. The Morgan fingerprint density at radius 1 is 0.857 bits per heavy atom. The fraction of sp³-hybridized carbons (Fsp3) is 0.500. The molecular formula is C24H35NO3. The number of benzene rings is 2. The summed E-state index contributed by atoms with van der Waals surface area (Å²) in [6.45, 7) is 8.60. The van der Waals surface area contributed by atoms with Gasteiger partial charge in [0.2, 0.25) is 0 Å². The van der Waals surface area contributed by atoms with Gasteiger partial charge in [0.1, 0.15) is 5.75 Å². The highest BCUT2D eigenvalue weighted by atomic mass is 16.5. The third-order valence-electron chi connectivity index (χ3n) is 4.44. The van der Waals surface area contributed by atoms with E-state index in [1.165, 1.54) is 30.4 Å². The average molecular weight is 386 g/mol. The van der Waals surface area contributed by atoms with Gasteiger partial charge in [0, 0.05) is 13.1 Å². The van der Waals surface area contributed by atoms with Crippen LogP contribution < -0.4 is 19.5 Å². The van der Waals surface area contributed by atoms with Crippen molar-refractivity contribution in [2.75, 3.05) is 13.7 Å². The Morgan fingerprint density at radius 2 is 1.57 bits per heavy atom. The first-order valence-electron chi connectivity index (χ1n) is 10.4. The molecule has 0 amide bonds. The standard InChI is InChI=1S/C24H35NO3/c1-5-6-7-8-15-27-23-14-11-21(16-24(23)26-4)18-25-17-20-9-12-22(13-10-20)28-19(2)3/h9-14,16,19,25H,5-8,15,17-18H2,1-4H3. The van der Waals surface area contributed by atoms with Gasteiger partial charge < -0.3 is 19.5 Å². The summed E-state index contributed by atoms with van der Waals surface area (Å²) in [5, 5.41) is 3.48. The minimum atomic E-state index is 0.197. The quantitative estimate of drug-likeness (QED) is 0.447. The minimum absolute atomic E-state index is 0.197. The fourth-order valence-corrected chi connectivity index (χ4v) is 2.96. The van der Waals surface area contributed by atoms with E-state index >= 15 is 0 Å². The summed E-state index contributed by atoms with van der Waals surface area (Å²) in [6, 6.07) is 14.4. The zero-order chi connectivity index (χ0) is 20.2. The molecule has 4 nitrogen and oxygen atoms in total. The first-order chi connectivity index (χ1) is 13.6. The molecule has 0 aliphatic heterocycles. The highest BCUT2D eigenvalue weighted by Crippen LogP contribution is 2.28. The Labute approximate surface area is 170 Å². The number of rotatable bonds is 13. The van der Waals surface area contributed by atoms with Crippen LogP contribution in [0.25, 0.3) is 0 Å². The Morgan fingerprint density at radius 3 is 2.25 bits per heavy atom. The van der Waals surface area contributed by atoms with Crippen molar-refractivity contribution in [2.45, 2.75) is 65.6 Å². The predicted octanol–water partition coefficient (Wildman–Crippen LogP) is 5.73. The molecular weight excluding hydrogens is 350 g/mol. The molecule has 0 aromatic heterocycles. The van der Waals surface area contributed by atoms with Gasteiger partial charge in [-0.25, -0.2) is 0 Å². The molecule has 0 unspecified atom stereocenters. The van der Waals surface area contributed by atoms with E-state index in [2.05, 4.69) is 30.4 Å². The van der Waals surface area contributed by atoms with Gasteiger partial charge in [-0.1, -0.05) is 44.4 Å². The molecule has 0 spiro atoms. The molecule has 0 fully saturated rings. The van der Waals surface area contributed by atoms with Crippen LogP contribution in [0.4, 0.5) is 0 Å². The van der Waals surface area contributed by atoms with Gasteiger partial charge in [-0.15, -0.1) is 0 Å². The minimum Gasteiger partial charge on any atom is -0.493 e. The predicted molar refractivity (Wildman–Crippen MR) is 115 cm³/mol. The SMILES string of the molecule is CCCCCCOc1ccc(CNCc2ccc(OC(C)C)cc2)cc1OC. The van der Waals surface area contributed by atoms with E-state index in [9.17, 15) is 0 Å². The Hall–Kier alpha value is -2.20. The van der Waals surface area contributed by atoms with Crippen LogP contribution in [0.1, 0.15) is 57.6 Å². The Kier molecular flexibility index (Phi) is 9.70. The van der Waals surface area contributed by atoms with Crippen molar-refractivity contribution in [2.24, 2.45) is 0 Å². The number of hydrogen-bond donors (Lipinski definition) is 1. The van der Waals surface area contributed by atoms with Crippen molar-refractivity contribution in [3.63, 3.8) is 0 Å². The van der Waals surface area contributed by atoms with E-state index in [1.54, 1.807) is 7.11 Å². The summed E-state index contributed by atoms with van der Waals surface area (Å²) in [4.78, 5) is 0. The maximum atomic E-state index is 5.88. The molecule has 154 valence electrons. The van der Waals surface area contributed by atoms with Crippen molar-refractivity contribution in [3.05, 3.63) is 53.6 Å². The molecule has 0 saturated carbocycles. The summed E-state index contributed by atoms with van der Waals surface area (Å²) >= 11 is 0. The van der Waals surface area contributed by atoms with Crippen LogP contribution in [0.3, 0.4) is 0 Å². The van der Waals surface area contributed by atoms with Crippen LogP contribution in [0.2, 0.25) is 0 Å². The van der Waals surface area contributed by atoms with Gasteiger partial charge >= 0.3 is 0 Å². The molecule has 0 heterocycles. The molecule has 0 aliphatic carbocycles. The van der Waals surface area contributed by atoms with Gasteiger partial charge in [0.15, 0.2) is 11.5 Å². The smallest absolute Gasteiger partial charge is 0.161 e. The van der Waals surface area contributed by atoms with Crippen molar-refractivity contribution >= 4 is 0 Å². The van der Waals surface area contributed by atoms with E-state index in [4.69, 9.17) is 14.2 Å². The Bertz CT molecular complexity index is 683. The molecule has 4 heteroatoms. The van der Waals surface area contributed by atoms with Gasteiger partial charge in [-0.3, -0.25) is 0 Å². The fourth-order valence-electron chi connectivity index (χ4n) is 2.96. The summed E-state index contributed by atoms with van der Waals surface area (Å²) < 4.78 is 17.1. The lowest BCUT2D eigenvalue weighted by Gasteiger charge is -2.13. The lowest BCUT2D eigenvalue weighted by Crippen LogP contribution is -2.13. The third-order valence-corrected chi connectivity index (χ3v) is 4.44. The number of unbranched alkanes of at least 4 members (excludes halogenated alkanes) is 3. The topological polar surface area (TPSA) is 39.7 Å². The molecule has 2 aromatic rings. The normalized spacial score (nSPS) is 10.9. The Balaban J connectivity index is 1.80.